The fourth-order valence-electron chi connectivity index (χ4n) is 1.83. The summed E-state index contributed by atoms with van der Waals surface area (Å²) >= 11 is -0.870. The van der Waals surface area contributed by atoms with Gasteiger partial charge in [-0.15, -0.1) is 0 Å². The molecule has 1 aromatic rings. The zero-order chi connectivity index (χ0) is 12.8. The Labute approximate surface area is 106 Å². The molecule has 1 N–H and O–H groups in total. The van der Waals surface area contributed by atoms with E-state index >= 15 is 0 Å². The van der Waals surface area contributed by atoms with E-state index in [2.05, 4.69) is 12.0 Å². The predicted octanol–water partition coefficient (Wildman–Crippen LogP) is 2.61. The van der Waals surface area contributed by atoms with Crippen molar-refractivity contribution in [3.8, 4) is 5.88 Å². The van der Waals surface area contributed by atoms with Crippen LogP contribution in [0.1, 0.15) is 51.8 Å². The number of aromatic hydroxyl groups is 1. The van der Waals surface area contributed by atoms with E-state index < -0.39 is 11.2 Å². The number of rotatable bonds is 7. The highest BCUT2D eigenvalue weighted by Crippen LogP contribution is 2.21. The first-order valence-corrected chi connectivity index (χ1v) is 7.69. The van der Waals surface area contributed by atoms with Gasteiger partial charge in [0.15, 0.2) is 0 Å². The Hall–Kier alpha value is -0.680. The number of aromatic nitrogens is 2. The van der Waals surface area contributed by atoms with E-state index in [1.807, 2.05) is 13.8 Å². The van der Waals surface area contributed by atoms with Crippen molar-refractivity contribution >= 4 is 11.2 Å². The minimum absolute atomic E-state index is 0.175. The van der Waals surface area contributed by atoms with E-state index in [0.29, 0.717) is 11.5 Å². The summed E-state index contributed by atoms with van der Waals surface area (Å²) < 4.78 is 13.2. The quantitative estimate of drug-likeness (QED) is 0.765. The van der Waals surface area contributed by atoms with E-state index in [4.69, 9.17) is 0 Å². The molecule has 1 rings (SSSR count). The van der Waals surface area contributed by atoms with Gasteiger partial charge in [-0.1, -0.05) is 20.3 Å². The number of hydrogen-bond donors (Lipinski definition) is 1. The smallest absolute Gasteiger partial charge is 0.209 e. The first-order chi connectivity index (χ1) is 8.08. The van der Waals surface area contributed by atoms with Crippen molar-refractivity contribution in [1.29, 1.82) is 0 Å². The maximum absolute atomic E-state index is 11.6. The fraction of sp³-hybridized carbons (Fsp3) is 0.750. The van der Waals surface area contributed by atoms with Crippen molar-refractivity contribution in [3.05, 3.63) is 11.8 Å². The van der Waals surface area contributed by atoms with Crippen LogP contribution in [0.4, 0.5) is 0 Å². The highest BCUT2D eigenvalue weighted by Gasteiger charge is 2.15. The molecule has 2 unspecified atom stereocenters. The second kappa shape index (κ2) is 6.91. The Morgan fingerprint density at radius 2 is 2.18 bits per heavy atom. The van der Waals surface area contributed by atoms with E-state index in [1.54, 1.807) is 10.7 Å². The molecule has 17 heavy (non-hydrogen) atoms. The van der Waals surface area contributed by atoms with Crippen LogP contribution in [0.2, 0.25) is 0 Å². The summed E-state index contributed by atoms with van der Waals surface area (Å²) in [5.74, 6) is 1.31. The third kappa shape index (κ3) is 4.24. The molecule has 0 aliphatic heterocycles. The van der Waals surface area contributed by atoms with Crippen LogP contribution in [-0.4, -0.2) is 25.2 Å². The van der Waals surface area contributed by atoms with Gasteiger partial charge in [0.25, 0.3) is 0 Å². The van der Waals surface area contributed by atoms with Gasteiger partial charge in [-0.25, -0.2) is 4.68 Å². The van der Waals surface area contributed by atoms with Gasteiger partial charge in [0.1, 0.15) is 17.2 Å². The van der Waals surface area contributed by atoms with Crippen LogP contribution in [0.5, 0.6) is 5.88 Å². The van der Waals surface area contributed by atoms with Gasteiger partial charge in [0, 0.05) is 6.07 Å². The largest absolute Gasteiger partial charge is 0.616 e. The minimum atomic E-state index is -0.870. The lowest BCUT2D eigenvalue weighted by Crippen LogP contribution is -2.11. The standard InChI is InChI=1S/C12H22N2O2S/c1-4-6-10(3)14-12(15)8-11(13-14)9-17(16)7-5-2/h8,10,15H,4-7,9H2,1-3H3. The molecule has 0 saturated carbocycles. The molecular weight excluding hydrogens is 236 g/mol. The van der Waals surface area contributed by atoms with Crippen LogP contribution in [-0.2, 0) is 16.9 Å². The third-order valence-electron chi connectivity index (χ3n) is 2.63. The van der Waals surface area contributed by atoms with Crippen LogP contribution in [0.25, 0.3) is 0 Å². The van der Waals surface area contributed by atoms with Crippen LogP contribution in [0.3, 0.4) is 0 Å². The average molecular weight is 258 g/mol. The summed E-state index contributed by atoms with van der Waals surface area (Å²) in [7, 11) is 0. The average Bonchev–Trinajstić information content (AvgIpc) is 2.60. The molecule has 0 aliphatic carbocycles. The van der Waals surface area contributed by atoms with Crippen LogP contribution in [0, 0.1) is 0 Å². The Bertz CT molecular complexity index is 341. The van der Waals surface area contributed by atoms with Gasteiger partial charge in [-0.2, -0.15) is 5.10 Å². The zero-order valence-corrected chi connectivity index (χ0v) is 11.7. The highest BCUT2D eigenvalue weighted by molar-refractivity contribution is 7.90. The lowest BCUT2D eigenvalue weighted by Gasteiger charge is -2.11. The first kappa shape index (κ1) is 14.4. The molecule has 0 radical (unpaired) electrons. The van der Waals surface area contributed by atoms with Gasteiger partial charge < -0.3 is 9.66 Å². The van der Waals surface area contributed by atoms with Gasteiger partial charge in [-0.3, -0.25) is 0 Å². The van der Waals surface area contributed by atoms with Crippen LogP contribution < -0.4 is 0 Å². The summed E-state index contributed by atoms with van der Waals surface area (Å²) in [5.41, 5.74) is 0.720. The molecule has 2 atom stereocenters. The molecule has 0 fully saturated rings. The van der Waals surface area contributed by atoms with Gasteiger partial charge in [0.05, 0.1) is 6.04 Å². The lowest BCUT2D eigenvalue weighted by molar-refractivity contribution is 0.354. The highest BCUT2D eigenvalue weighted by atomic mass is 32.2. The normalized spacial score (nSPS) is 14.8. The Kier molecular flexibility index (Phi) is 5.85. The van der Waals surface area contributed by atoms with Gasteiger partial charge in [0.2, 0.25) is 5.88 Å². The topological polar surface area (TPSA) is 61.1 Å². The van der Waals surface area contributed by atoms with Crippen LogP contribution in [0.15, 0.2) is 6.07 Å². The summed E-state index contributed by atoms with van der Waals surface area (Å²) in [5, 5.41) is 14.1. The summed E-state index contributed by atoms with van der Waals surface area (Å²) in [4.78, 5) is 0. The zero-order valence-electron chi connectivity index (χ0n) is 10.8. The van der Waals surface area contributed by atoms with E-state index in [9.17, 15) is 9.66 Å². The lowest BCUT2D eigenvalue weighted by atomic mass is 10.2. The molecule has 1 aromatic heterocycles. The van der Waals surface area contributed by atoms with Crippen molar-refractivity contribution in [1.82, 2.24) is 9.78 Å². The molecule has 5 heteroatoms. The maximum Gasteiger partial charge on any atom is 0.209 e. The van der Waals surface area contributed by atoms with Crippen molar-refractivity contribution in [3.63, 3.8) is 0 Å². The molecule has 0 aliphatic rings. The molecule has 0 spiro atoms. The summed E-state index contributed by atoms with van der Waals surface area (Å²) in [6.45, 7) is 6.15. The SMILES string of the molecule is CCCC(C)n1nc(C[S+]([O-])CCC)cc1O. The number of hydrogen-bond acceptors (Lipinski definition) is 3. The van der Waals surface area contributed by atoms with E-state index in [1.165, 1.54) is 0 Å². The van der Waals surface area contributed by atoms with Crippen molar-refractivity contribution in [2.45, 2.75) is 51.8 Å². The second-order valence-corrected chi connectivity index (χ2v) is 5.94. The van der Waals surface area contributed by atoms with E-state index in [-0.39, 0.29) is 11.9 Å². The fourth-order valence-corrected chi connectivity index (χ4v) is 2.90. The summed E-state index contributed by atoms with van der Waals surface area (Å²) in [6, 6.07) is 1.81. The molecule has 0 amide bonds. The monoisotopic (exact) mass is 258 g/mol. The Balaban J connectivity index is 2.67. The molecule has 4 nitrogen and oxygen atoms in total. The van der Waals surface area contributed by atoms with Crippen molar-refractivity contribution in [2.24, 2.45) is 0 Å². The van der Waals surface area contributed by atoms with Crippen molar-refractivity contribution < 1.29 is 9.66 Å². The molecule has 1 heterocycles. The molecular formula is C12H22N2O2S. The van der Waals surface area contributed by atoms with Crippen molar-refractivity contribution in [2.75, 3.05) is 5.75 Å². The minimum Gasteiger partial charge on any atom is -0.616 e. The summed E-state index contributed by atoms with van der Waals surface area (Å²) in [6.07, 6.45) is 2.94. The third-order valence-corrected chi connectivity index (χ3v) is 4.11. The van der Waals surface area contributed by atoms with E-state index in [0.717, 1.165) is 25.0 Å². The number of nitrogens with zero attached hydrogens (tertiary/aromatic N) is 2. The molecule has 0 aromatic carbocycles. The molecule has 0 bridgehead atoms. The van der Waals surface area contributed by atoms with Gasteiger partial charge in [-0.05, 0) is 30.9 Å². The maximum atomic E-state index is 11.6. The molecule has 0 saturated heterocycles. The predicted molar refractivity (Wildman–Crippen MR) is 70.5 cm³/mol. The Morgan fingerprint density at radius 3 is 2.76 bits per heavy atom. The van der Waals surface area contributed by atoms with Crippen LogP contribution >= 0.6 is 0 Å². The molecule has 98 valence electrons. The Morgan fingerprint density at radius 1 is 1.47 bits per heavy atom. The van der Waals surface area contributed by atoms with Gasteiger partial charge >= 0.3 is 0 Å². The second-order valence-electron chi connectivity index (χ2n) is 4.36. The first-order valence-electron chi connectivity index (χ1n) is 6.20.